The van der Waals surface area contributed by atoms with E-state index in [9.17, 15) is 13.2 Å². The fourth-order valence-corrected chi connectivity index (χ4v) is 4.10. The summed E-state index contributed by atoms with van der Waals surface area (Å²) in [6, 6.07) is 16.4. The number of para-hydroxylation sites is 1. The van der Waals surface area contributed by atoms with Crippen molar-refractivity contribution in [3.63, 3.8) is 0 Å². The smallest absolute Gasteiger partial charge is 0.251 e. The molecule has 0 atom stereocenters. The topological polar surface area (TPSA) is 21.1 Å². The normalized spacial score (nSPS) is 16.6. The van der Waals surface area contributed by atoms with Crippen LogP contribution in [0.5, 0.6) is 0 Å². The number of piperidine rings is 1. The molecule has 0 radical (unpaired) electrons. The van der Waals surface area contributed by atoms with Crippen LogP contribution in [-0.2, 0) is 6.54 Å². The first-order valence-corrected chi connectivity index (χ1v) is 9.75. The lowest BCUT2D eigenvalue weighted by atomic mass is 10.1. The van der Waals surface area contributed by atoms with E-state index in [2.05, 4.69) is 4.57 Å². The lowest BCUT2D eigenvalue weighted by molar-refractivity contribution is -0.0221. The third-order valence-corrected chi connectivity index (χ3v) is 5.65. The van der Waals surface area contributed by atoms with Crippen LogP contribution < -0.4 is 4.90 Å². The molecule has 3 heterocycles. The van der Waals surface area contributed by atoms with Crippen molar-refractivity contribution in [1.29, 1.82) is 0 Å². The summed E-state index contributed by atoms with van der Waals surface area (Å²) in [6.45, 7) is 1.17. The zero-order valence-electron chi connectivity index (χ0n) is 15.8. The molecule has 0 spiro atoms. The van der Waals surface area contributed by atoms with Crippen LogP contribution in [-0.4, -0.2) is 28.6 Å². The Bertz CT molecular complexity index is 1170. The monoisotopic (exact) mass is 395 g/mol. The third-order valence-electron chi connectivity index (χ3n) is 5.65. The van der Waals surface area contributed by atoms with Crippen LogP contribution in [0.25, 0.3) is 21.8 Å². The minimum absolute atomic E-state index is 0.153. The fraction of sp³-hybridized carbons (Fsp3) is 0.261. The second-order valence-corrected chi connectivity index (χ2v) is 7.63. The molecule has 29 heavy (non-hydrogen) atoms. The first-order chi connectivity index (χ1) is 14.0. The van der Waals surface area contributed by atoms with Crippen LogP contribution >= 0.6 is 0 Å². The number of aromatic nitrogens is 2. The van der Waals surface area contributed by atoms with Gasteiger partial charge in [0.25, 0.3) is 5.92 Å². The van der Waals surface area contributed by atoms with Gasteiger partial charge in [0.1, 0.15) is 11.6 Å². The van der Waals surface area contributed by atoms with E-state index in [1.807, 2.05) is 41.4 Å². The van der Waals surface area contributed by atoms with Crippen molar-refractivity contribution in [1.82, 2.24) is 9.55 Å². The molecule has 1 aliphatic rings. The van der Waals surface area contributed by atoms with Crippen LogP contribution in [0.1, 0.15) is 18.4 Å². The molecule has 1 fully saturated rings. The molecule has 0 bridgehead atoms. The Morgan fingerprint density at radius 2 is 1.62 bits per heavy atom. The Morgan fingerprint density at radius 3 is 2.38 bits per heavy atom. The van der Waals surface area contributed by atoms with Crippen LogP contribution in [0, 0.1) is 5.82 Å². The maximum atomic E-state index is 13.7. The Labute approximate surface area is 166 Å². The second kappa shape index (κ2) is 6.79. The van der Waals surface area contributed by atoms with Gasteiger partial charge in [-0.2, -0.15) is 0 Å². The molecular weight excluding hydrogens is 375 g/mol. The molecule has 2 aromatic heterocycles. The van der Waals surface area contributed by atoms with Crippen molar-refractivity contribution in [2.45, 2.75) is 25.3 Å². The lowest BCUT2D eigenvalue weighted by Crippen LogP contribution is -2.39. The average molecular weight is 395 g/mol. The summed E-state index contributed by atoms with van der Waals surface area (Å²) in [6.07, 6.45) is 1.68. The molecule has 1 saturated heterocycles. The van der Waals surface area contributed by atoms with E-state index in [0.717, 1.165) is 33.2 Å². The number of fused-ring (bicyclic) bond motifs is 3. The van der Waals surface area contributed by atoms with E-state index in [0.29, 0.717) is 6.54 Å². The Hall–Kier alpha value is -3.02. The van der Waals surface area contributed by atoms with Gasteiger partial charge in [-0.15, -0.1) is 0 Å². The number of hydrogen-bond donors (Lipinski definition) is 0. The maximum absolute atomic E-state index is 13.7. The molecule has 0 amide bonds. The highest BCUT2D eigenvalue weighted by molar-refractivity contribution is 6.08. The van der Waals surface area contributed by atoms with Crippen molar-refractivity contribution in [2.75, 3.05) is 18.0 Å². The summed E-state index contributed by atoms with van der Waals surface area (Å²) >= 11 is 0. The molecule has 2 aromatic carbocycles. The minimum atomic E-state index is -2.60. The van der Waals surface area contributed by atoms with Crippen LogP contribution in [0.3, 0.4) is 0 Å². The molecular formula is C23H20F3N3. The predicted molar refractivity (Wildman–Crippen MR) is 109 cm³/mol. The molecule has 0 N–H and O–H groups in total. The summed E-state index contributed by atoms with van der Waals surface area (Å²) in [5, 5.41) is 1.97. The maximum Gasteiger partial charge on any atom is 0.251 e. The van der Waals surface area contributed by atoms with E-state index in [4.69, 9.17) is 4.98 Å². The van der Waals surface area contributed by atoms with E-state index in [1.54, 1.807) is 12.1 Å². The minimum Gasteiger partial charge on any atom is -0.356 e. The molecule has 0 saturated carbocycles. The molecule has 5 rings (SSSR count). The highest BCUT2D eigenvalue weighted by Gasteiger charge is 2.35. The quantitative estimate of drug-likeness (QED) is 0.449. The number of anilines is 1. The molecule has 6 heteroatoms. The number of pyridine rings is 1. The number of nitrogens with zero attached hydrogens (tertiary/aromatic N) is 3. The number of benzene rings is 2. The molecule has 0 aliphatic carbocycles. The van der Waals surface area contributed by atoms with Gasteiger partial charge in [0.15, 0.2) is 0 Å². The van der Waals surface area contributed by atoms with E-state index >= 15 is 0 Å². The van der Waals surface area contributed by atoms with Gasteiger partial charge in [0.2, 0.25) is 0 Å². The molecule has 1 aliphatic heterocycles. The molecule has 0 unspecified atom stereocenters. The number of hydrogen-bond acceptors (Lipinski definition) is 2. The van der Waals surface area contributed by atoms with Gasteiger partial charge in [-0.1, -0.05) is 30.3 Å². The standard InChI is InChI=1S/C23H20F3N3/c24-17-7-5-16(6-8-17)15-29-12-9-19-21(29)18-3-1-2-4-20(18)27-22(19)28-13-10-23(25,26)11-14-28/h1-9,12H,10-11,13-15H2. The summed E-state index contributed by atoms with van der Waals surface area (Å²) in [5.74, 6) is -2.10. The molecule has 3 nitrogen and oxygen atoms in total. The average Bonchev–Trinajstić information content (AvgIpc) is 3.13. The van der Waals surface area contributed by atoms with E-state index in [-0.39, 0.29) is 31.7 Å². The SMILES string of the molecule is Fc1ccc(Cn2ccc3c(N4CCC(F)(F)CC4)nc4ccccc4c32)cc1. The first kappa shape index (κ1) is 18.0. The van der Waals surface area contributed by atoms with Gasteiger partial charge in [0.05, 0.1) is 11.0 Å². The van der Waals surface area contributed by atoms with Gasteiger partial charge in [-0.25, -0.2) is 18.2 Å². The Morgan fingerprint density at radius 1 is 0.897 bits per heavy atom. The highest BCUT2D eigenvalue weighted by Crippen LogP contribution is 2.36. The largest absolute Gasteiger partial charge is 0.356 e. The van der Waals surface area contributed by atoms with Crippen molar-refractivity contribution in [2.24, 2.45) is 0 Å². The van der Waals surface area contributed by atoms with Crippen LogP contribution in [0.2, 0.25) is 0 Å². The summed E-state index contributed by atoms with van der Waals surface area (Å²) in [5.41, 5.74) is 2.85. The van der Waals surface area contributed by atoms with Gasteiger partial charge in [-0.05, 0) is 29.8 Å². The highest BCUT2D eigenvalue weighted by atomic mass is 19.3. The predicted octanol–water partition coefficient (Wildman–Crippen LogP) is 5.61. The Balaban J connectivity index is 1.63. The molecule has 148 valence electrons. The van der Waals surface area contributed by atoms with Gasteiger partial charge < -0.3 is 9.47 Å². The van der Waals surface area contributed by atoms with Crippen molar-refractivity contribution < 1.29 is 13.2 Å². The first-order valence-electron chi connectivity index (χ1n) is 9.75. The van der Waals surface area contributed by atoms with Crippen molar-refractivity contribution >= 4 is 27.6 Å². The number of rotatable bonds is 3. The van der Waals surface area contributed by atoms with Gasteiger partial charge in [0, 0.05) is 49.4 Å². The van der Waals surface area contributed by atoms with E-state index in [1.165, 1.54) is 12.1 Å². The summed E-state index contributed by atoms with van der Waals surface area (Å²) in [7, 11) is 0. The lowest BCUT2D eigenvalue weighted by Gasteiger charge is -2.33. The fourth-order valence-electron chi connectivity index (χ4n) is 4.10. The van der Waals surface area contributed by atoms with Crippen LogP contribution in [0.4, 0.5) is 19.0 Å². The second-order valence-electron chi connectivity index (χ2n) is 7.63. The molecule has 4 aromatic rings. The van der Waals surface area contributed by atoms with E-state index < -0.39 is 5.92 Å². The third kappa shape index (κ3) is 3.33. The summed E-state index contributed by atoms with van der Waals surface area (Å²) < 4.78 is 42.7. The van der Waals surface area contributed by atoms with Crippen molar-refractivity contribution in [3.8, 4) is 0 Å². The van der Waals surface area contributed by atoms with Crippen molar-refractivity contribution in [3.05, 3.63) is 72.2 Å². The summed E-state index contributed by atoms with van der Waals surface area (Å²) in [4.78, 5) is 6.79. The number of alkyl halides is 2. The van der Waals surface area contributed by atoms with Crippen LogP contribution in [0.15, 0.2) is 60.8 Å². The van der Waals surface area contributed by atoms with Gasteiger partial charge in [-0.3, -0.25) is 0 Å². The zero-order valence-corrected chi connectivity index (χ0v) is 15.8. The number of halogens is 3. The Kier molecular flexibility index (Phi) is 4.23. The zero-order chi connectivity index (χ0) is 20.0. The van der Waals surface area contributed by atoms with Gasteiger partial charge >= 0.3 is 0 Å².